The number of unbranched alkanes of at least 4 members (excludes halogenated alkanes) is 2. The van der Waals surface area contributed by atoms with Gasteiger partial charge in [-0.25, -0.2) is 0 Å². The van der Waals surface area contributed by atoms with Gasteiger partial charge in [0.2, 0.25) is 5.91 Å². The predicted molar refractivity (Wildman–Crippen MR) is 104 cm³/mol. The van der Waals surface area contributed by atoms with Crippen molar-refractivity contribution in [3.8, 4) is 0 Å². The van der Waals surface area contributed by atoms with Gasteiger partial charge in [0.05, 0.1) is 0 Å². The average molecular weight is 332 g/mol. The molecule has 0 aliphatic rings. The lowest BCUT2D eigenvalue weighted by atomic mass is 9.77. The van der Waals surface area contributed by atoms with E-state index >= 15 is 0 Å². The Balaban J connectivity index is 2.83. The van der Waals surface area contributed by atoms with Crippen molar-refractivity contribution in [3.63, 3.8) is 0 Å². The SMILES string of the molecule is CCCCN(CCCC)C(=O)C(C)(C)CC(CC)c1ccccc1. The molecule has 24 heavy (non-hydrogen) atoms. The maximum Gasteiger partial charge on any atom is 0.228 e. The molecule has 2 heteroatoms. The van der Waals surface area contributed by atoms with Gasteiger partial charge in [0.25, 0.3) is 0 Å². The molecule has 0 aliphatic carbocycles. The fraction of sp³-hybridized carbons (Fsp3) is 0.682. The number of carbonyl (C=O) groups is 1. The van der Waals surface area contributed by atoms with Crippen molar-refractivity contribution in [2.75, 3.05) is 13.1 Å². The Hall–Kier alpha value is -1.31. The first-order valence-corrected chi connectivity index (χ1v) is 9.80. The van der Waals surface area contributed by atoms with Crippen LogP contribution in [0.1, 0.15) is 84.6 Å². The van der Waals surface area contributed by atoms with E-state index in [0.29, 0.717) is 11.8 Å². The van der Waals surface area contributed by atoms with Crippen LogP contribution in [0.25, 0.3) is 0 Å². The number of hydrogen-bond donors (Lipinski definition) is 0. The fourth-order valence-corrected chi connectivity index (χ4v) is 3.37. The van der Waals surface area contributed by atoms with Crippen molar-refractivity contribution >= 4 is 5.91 Å². The monoisotopic (exact) mass is 331 g/mol. The molecule has 1 aromatic rings. The highest BCUT2D eigenvalue weighted by molar-refractivity contribution is 5.82. The number of hydrogen-bond acceptors (Lipinski definition) is 1. The van der Waals surface area contributed by atoms with Crippen LogP contribution in [0.2, 0.25) is 0 Å². The molecule has 0 N–H and O–H groups in total. The maximum atomic E-state index is 13.2. The van der Waals surface area contributed by atoms with E-state index in [1.165, 1.54) is 5.56 Å². The standard InChI is InChI=1S/C22H37NO/c1-6-9-16-23(17-10-7-2)21(24)22(4,5)18-19(8-3)20-14-12-11-13-15-20/h11-15,19H,6-10,16-18H2,1-5H3. The van der Waals surface area contributed by atoms with Crippen LogP contribution in [0.3, 0.4) is 0 Å². The van der Waals surface area contributed by atoms with Gasteiger partial charge in [0, 0.05) is 18.5 Å². The molecule has 0 spiro atoms. The molecule has 0 saturated heterocycles. The quantitative estimate of drug-likeness (QED) is 0.485. The van der Waals surface area contributed by atoms with Gasteiger partial charge in [0.1, 0.15) is 0 Å². The van der Waals surface area contributed by atoms with Crippen molar-refractivity contribution in [2.24, 2.45) is 5.41 Å². The number of nitrogens with zero attached hydrogens (tertiary/aromatic N) is 1. The van der Waals surface area contributed by atoms with Crippen LogP contribution in [-0.2, 0) is 4.79 Å². The molecule has 1 unspecified atom stereocenters. The summed E-state index contributed by atoms with van der Waals surface area (Å²) in [5, 5.41) is 0. The van der Waals surface area contributed by atoms with Gasteiger partial charge in [-0.2, -0.15) is 0 Å². The van der Waals surface area contributed by atoms with Crippen molar-refractivity contribution < 1.29 is 4.79 Å². The second-order valence-electron chi connectivity index (χ2n) is 7.60. The molecule has 1 rings (SSSR count). The van der Waals surface area contributed by atoms with Gasteiger partial charge >= 0.3 is 0 Å². The zero-order valence-electron chi connectivity index (χ0n) is 16.5. The van der Waals surface area contributed by atoms with Gasteiger partial charge in [-0.15, -0.1) is 0 Å². The number of amides is 1. The molecule has 1 atom stereocenters. The van der Waals surface area contributed by atoms with Crippen LogP contribution >= 0.6 is 0 Å². The van der Waals surface area contributed by atoms with E-state index in [1.54, 1.807) is 0 Å². The minimum Gasteiger partial charge on any atom is -0.342 e. The summed E-state index contributed by atoms with van der Waals surface area (Å²) in [5.41, 5.74) is 1.05. The lowest BCUT2D eigenvalue weighted by Gasteiger charge is -2.34. The summed E-state index contributed by atoms with van der Waals surface area (Å²) in [4.78, 5) is 15.3. The van der Waals surface area contributed by atoms with Crippen LogP contribution in [0, 0.1) is 5.41 Å². The minimum atomic E-state index is -0.308. The molecule has 0 aromatic heterocycles. The van der Waals surface area contributed by atoms with Gasteiger partial charge in [-0.1, -0.05) is 77.8 Å². The van der Waals surface area contributed by atoms with Crippen LogP contribution in [0.15, 0.2) is 30.3 Å². The zero-order valence-corrected chi connectivity index (χ0v) is 16.5. The third-order valence-corrected chi connectivity index (χ3v) is 4.95. The van der Waals surface area contributed by atoms with Crippen LogP contribution < -0.4 is 0 Å². The summed E-state index contributed by atoms with van der Waals surface area (Å²) in [6.45, 7) is 12.7. The summed E-state index contributed by atoms with van der Waals surface area (Å²) in [7, 11) is 0. The van der Waals surface area contributed by atoms with E-state index in [1.807, 2.05) is 0 Å². The summed E-state index contributed by atoms with van der Waals surface area (Å²) in [6.07, 6.45) is 6.46. The largest absolute Gasteiger partial charge is 0.342 e. The van der Waals surface area contributed by atoms with E-state index in [4.69, 9.17) is 0 Å². The van der Waals surface area contributed by atoms with Crippen LogP contribution in [0.4, 0.5) is 0 Å². The predicted octanol–water partition coefficient (Wildman–Crippen LogP) is 6.03. The number of carbonyl (C=O) groups excluding carboxylic acids is 1. The smallest absolute Gasteiger partial charge is 0.228 e. The van der Waals surface area contributed by atoms with Crippen molar-refractivity contribution in [3.05, 3.63) is 35.9 Å². The highest BCUT2D eigenvalue weighted by atomic mass is 16.2. The molecule has 0 radical (unpaired) electrons. The molecular formula is C22H37NO. The molecule has 0 aliphatic heterocycles. The van der Waals surface area contributed by atoms with E-state index in [9.17, 15) is 4.79 Å². The Morgan fingerprint density at radius 1 is 1.00 bits per heavy atom. The molecule has 0 fully saturated rings. The lowest BCUT2D eigenvalue weighted by Crippen LogP contribution is -2.42. The molecule has 1 amide bonds. The Morgan fingerprint density at radius 2 is 1.54 bits per heavy atom. The maximum absolute atomic E-state index is 13.2. The Labute approximate surface area is 149 Å². The Morgan fingerprint density at radius 3 is 2.00 bits per heavy atom. The normalized spacial score (nSPS) is 12.9. The average Bonchev–Trinajstić information content (AvgIpc) is 2.60. The lowest BCUT2D eigenvalue weighted by molar-refractivity contribution is -0.141. The molecule has 136 valence electrons. The van der Waals surface area contributed by atoms with Crippen LogP contribution in [0.5, 0.6) is 0 Å². The zero-order chi connectivity index (χ0) is 18.0. The van der Waals surface area contributed by atoms with E-state index in [2.05, 4.69) is 69.9 Å². The first-order valence-electron chi connectivity index (χ1n) is 9.80. The van der Waals surface area contributed by atoms with E-state index < -0.39 is 0 Å². The second-order valence-corrected chi connectivity index (χ2v) is 7.60. The molecule has 2 nitrogen and oxygen atoms in total. The van der Waals surface area contributed by atoms with Crippen molar-refractivity contribution in [2.45, 2.75) is 79.1 Å². The third kappa shape index (κ3) is 6.30. The molecular weight excluding hydrogens is 294 g/mol. The molecule has 0 bridgehead atoms. The van der Waals surface area contributed by atoms with Gasteiger partial charge in [-0.05, 0) is 37.2 Å². The molecule has 1 aromatic carbocycles. The number of benzene rings is 1. The van der Waals surface area contributed by atoms with E-state index in [-0.39, 0.29) is 5.41 Å². The highest BCUT2D eigenvalue weighted by Gasteiger charge is 2.34. The highest BCUT2D eigenvalue weighted by Crippen LogP contribution is 2.35. The first kappa shape index (κ1) is 20.7. The Bertz CT molecular complexity index is 458. The minimum absolute atomic E-state index is 0.308. The van der Waals surface area contributed by atoms with Gasteiger partial charge in [-0.3, -0.25) is 4.79 Å². The summed E-state index contributed by atoms with van der Waals surface area (Å²) < 4.78 is 0. The summed E-state index contributed by atoms with van der Waals surface area (Å²) in [5.74, 6) is 0.781. The second kappa shape index (κ2) is 10.5. The molecule has 0 saturated carbocycles. The van der Waals surface area contributed by atoms with Crippen molar-refractivity contribution in [1.29, 1.82) is 0 Å². The number of rotatable bonds is 11. The third-order valence-electron chi connectivity index (χ3n) is 4.95. The van der Waals surface area contributed by atoms with Crippen LogP contribution in [-0.4, -0.2) is 23.9 Å². The summed E-state index contributed by atoms with van der Waals surface area (Å²) in [6, 6.07) is 10.6. The fourth-order valence-electron chi connectivity index (χ4n) is 3.37. The summed E-state index contributed by atoms with van der Waals surface area (Å²) >= 11 is 0. The van der Waals surface area contributed by atoms with Gasteiger partial charge in [0.15, 0.2) is 0 Å². The van der Waals surface area contributed by atoms with E-state index in [0.717, 1.165) is 51.6 Å². The topological polar surface area (TPSA) is 20.3 Å². The van der Waals surface area contributed by atoms with Crippen molar-refractivity contribution in [1.82, 2.24) is 4.90 Å². The van der Waals surface area contributed by atoms with Gasteiger partial charge < -0.3 is 4.90 Å². The first-order chi connectivity index (χ1) is 11.5. The Kier molecular flexibility index (Phi) is 9.10. The molecule has 0 heterocycles.